The quantitative estimate of drug-likeness (QED) is 0.606. The first kappa shape index (κ1) is 22.7. The van der Waals surface area contributed by atoms with E-state index < -0.39 is 21.6 Å². The van der Waals surface area contributed by atoms with Crippen LogP contribution in [0.25, 0.3) is 0 Å². The SMILES string of the molecule is CC[C@@H](C)NC(=O)c1ccc2c(c1)N(Cc1ccccc1F)C(=O)c1ccccc1S2(=O)=O. The Labute approximate surface area is 192 Å². The molecule has 0 radical (unpaired) electrons. The van der Waals surface area contributed by atoms with Crippen LogP contribution in [0.15, 0.2) is 76.5 Å². The van der Waals surface area contributed by atoms with Gasteiger partial charge in [0, 0.05) is 17.2 Å². The Morgan fingerprint density at radius 3 is 2.45 bits per heavy atom. The van der Waals surface area contributed by atoms with Gasteiger partial charge in [-0.25, -0.2) is 12.8 Å². The minimum absolute atomic E-state index is 0.00403. The highest BCUT2D eigenvalue weighted by molar-refractivity contribution is 7.91. The number of hydrogen-bond acceptors (Lipinski definition) is 4. The van der Waals surface area contributed by atoms with Crippen molar-refractivity contribution in [1.82, 2.24) is 5.32 Å². The second kappa shape index (κ2) is 8.78. The third kappa shape index (κ3) is 4.14. The molecule has 0 fully saturated rings. The lowest BCUT2D eigenvalue weighted by atomic mass is 10.1. The number of carbonyl (C=O) groups excluding carboxylic acids is 2. The predicted molar refractivity (Wildman–Crippen MR) is 122 cm³/mol. The zero-order valence-electron chi connectivity index (χ0n) is 18.2. The smallest absolute Gasteiger partial charge is 0.259 e. The van der Waals surface area contributed by atoms with E-state index >= 15 is 0 Å². The maximum atomic E-state index is 14.5. The molecule has 33 heavy (non-hydrogen) atoms. The Morgan fingerprint density at radius 2 is 1.73 bits per heavy atom. The number of anilines is 1. The summed E-state index contributed by atoms with van der Waals surface area (Å²) >= 11 is 0. The summed E-state index contributed by atoms with van der Waals surface area (Å²) in [6, 6.07) is 16.0. The molecule has 0 aromatic heterocycles. The van der Waals surface area contributed by atoms with Crippen molar-refractivity contribution in [2.45, 2.75) is 42.6 Å². The Hall–Kier alpha value is -3.52. The largest absolute Gasteiger partial charge is 0.350 e. The monoisotopic (exact) mass is 466 g/mol. The van der Waals surface area contributed by atoms with Crippen molar-refractivity contribution < 1.29 is 22.4 Å². The topological polar surface area (TPSA) is 83.6 Å². The predicted octanol–water partition coefficient (Wildman–Crippen LogP) is 4.35. The zero-order chi connectivity index (χ0) is 23.8. The molecule has 0 aliphatic carbocycles. The zero-order valence-corrected chi connectivity index (χ0v) is 19.0. The van der Waals surface area contributed by atoms with E-state index in [1.54, 1.807) is 18.2 Å². The molecule has 1 atom stereocenters. The maximum Gasteiger partial charge on any atom is 0.259 e. The molecule has 0 unspecified atom stereocenters. The molecule has 1 heterocycles. The van der Waals surface area contributed by atoms with E-state index in [0.717, 1.165) is 6.42 Å². The number of nitrogens with zero attached hydrogens (tertiary/aromatic N) is 1. The first-order valence-electron chi connectivity index (χ1n) is 10.6. The highest BCUT2D eigenvalue weighted by atomic mass is 32.2. The summed E-state index contributed by atoms with van der Waals surface area (Å²) in [5, 5.41) is 2.84. The highest BCUT2D eigenvalue weighted by Crippen LogP contribution is 2.38. The molecule has 0 spiro atoms. The molecule has 8 heteroatoms. The van der Waals surface area contributed by atoms with Crippen LogP contribution in [0.5, 0.6) is 0 Å². The van der Waals surface area contributed by atoms with Crippen molar-refractivity contribution >= 4 is 27.3 Å². The van der Waals surface area contributed by atoms with E-state index in [1.807, 2.05) is 13.8 Å². The van der Waals surface area contributed by atoms with E-state index in [-0.39, 0.29) is 50.7 Å². The van der Waals surface area contributed by atoms with Crippen LogP contribution in [0, 0.1) is 5.82 Å². The van der Waals surface area contributed by atoms with Gasteiger partial charge in [-0.2, -0.15) is 0 Å². The second-order valence-electron chi connectivity index (χ2n) is 7.95. The van der Waals surface area contributed by atoms with Gasteiger partial charge in [0.25, 0.3) is 11.8 Å². The van der Waals surface area contributed by atoms with E-state index in [0.29, 0.717) is 0 Å². The minimum Gasteiger partial charge on any atom is -0.350 e. The van der Waals surface area contributed by atoms with E-state index in [4.69, 9.17) is 0 Å². The van der Waals surface area contributed by atoms with Gasteiger partial charge in [0.1, 0.15) is 5.82 Å². The summed E-state index contributed by atoms with van der Waals surface area (Å²) in [7, 11) is -4.06. The number of sulfone groups is 1. The number of rotatable bonds is 5. The summed E-state index contributed by atoms with van der Waals surface area (Å²) in [5.41, 5.74) is 0.469. The van der Waals surface area contributed by atoms with Crippen LogP contribution in [-0.4, -0.2) is 26.3 Å². The normalized spacial score (nSPS) is 15.2. The van der Waals surface area contributed by atoms with E-state index in [1.165, 1.54) is 53.4 Å². The van der Waals surface area contributed by atoms with Crippen molar-refractivity contribution in [3.63, 3.8) is 0 Å². The molecule has 0 saturated carbocycles. The number of halogens is 1. The molecule has 0 bridgehead atoms. The molecule has 1 aliphatic rings. The van der Waals surface area contributed by atoms with Crippen LogP contribution in [0.2, 0.25) is 0 Å². The van der Waals surface area contributed by atoms with Gasteiger partial charge in [0.15, 0.2) is 0 Å². The van der Waals surface area contributed by atoms with Crippen molar-refractivity contribution in [2.75, 3.05) is 4.90 Å². The third-order valence-corrected chi connectivity index (χ3v) is 7.59. The summed E-state index contributed by atoms with van der Waals surface area (Å²) < 4.78 is 41.4. The first-order valence-corrected chi connectivity index (χ1v) is 12.1. The van der Waals surface area contributed by atoms with Crippen molar-refractivity contribution in [3.05, 3.63) is 89.2 Å². The Bertz CT molecular complexity index is 1350. The van der Waals surface area contributed by atoms with Crippen LogP contribution in [0.4, 0.5) is 10.1 Å². The minimum atomic E-state index is -4.06. The van der Waals surface area contributed by atoms with Gasteiger partial charge in [-0.1, -0.05) is 37.3 Å². The summed E-state index contributed by atoms with van der Waals surface area (Å²) in [6.07, 6.45) is 0.721. The van der Waals surface area contributed by atoms with Crippen LogP contribution < -0.4 is 10.2 Å². The lowest BCUT2D eigenvalue weighted by Crippen LogP contribution is -2.33. The molecule has 170 valence electrons. The average molecular weight is 467 g/mol. The molecule has 2 amide bonds. The van der Waals surface area contributed by atoms with Crippen molar-refractivity contribution in [1.29, 1.82) is 0 Å². The molecule has 3 aromatic carbocycles. The molecule has 1 N–H and O–H groups in total. The number of fused-ring (bicyclic) bond motifs is 2. The molecule has 4 rings (SSSR count). The Balaban J connectivity index is 1.92. The van der Waals surface area contributed by atoms with Crippen LogP contribution >= 0.6 is 0 Å². The van der Waals surface area contributed by atoms with Gasteiger partial charge >= 0.3 is 0 Å². The third-order valence-electron chi connectivity index (χ3n) is 5.73. The fourth-order valence-electron chi connectivity index (χ4n) is 3.71. The lowest BCUT2D eigenvalue weighted by Gasteiger charge is -2.24. The standard InChI is InChI=1S/C25H23FN2O4S/c1-3-16(2)27-24(29)17-12-13-23-21(14-17)28(15-18-8-4-6-10-20(18)26)25(30)19-9-5-7-11-22(19)33(23,31)32/h4-14,16H,3,15H2,1-2H3,(H,27,29)/t16-/m1/s1. The molecule has 0 saturated heterocycles. The number of amides is 2. The molecular weight excluding hydrogens is 443 g/mol. The maximum absolute atomic E-state index is 14.5. The van der Waals surface area contributed by atoms with Gasteiger partial charge in [-0.3, -0.25) is 9.59 Å². The fourth-order valence-corrected chi connectivity index (χ4v) is 5.34. The van der Waals surface area contributed by atoms with Gasteiger partial charge in [0.2, 0.25) is 9.84 Å². The lowest BCUT2D eigenvalue weighted by molar-refractivity contribution is 0.0936. The van der Waals surface area contributed by atoms with Crippen LogP contribution in [0.1, 0.15) is 46.5 Å². The average Bonchev–Trinajstić information content (AvgIpc) is 2.88. The number of carbonyl (C=O) groups is 2. The number of hydrogen-bond donors (Lipinski definition) is 1. The van der Waals surface area contributed by atoms with Crippen LogP contribution in [-0.2, 0) is 16.4 Å². The van der Waals surface area contributed by atoms with Crippen LogP contribution in [0.3, 0.4) is 0 Å². The Kier molecular flexibility index (Phi) is 6.03. The van der Waals surface area contributed by atoms with E-state index in [9.17, 15) is 22.4 Å². The molecule has 3 aromatic rings. The highest BCUT2D eigenvalue weighted by Gasteiger charge is 2.36. The first-order chi connectivity index (χ1) is 15.7. The summed E-state index contributed by atoms with van der Waals surface area (Å²) in [5.74, 6) is -1.49. The Morgan fingerprint density at radius 1 is 1.03 bits per heavy atom. The number of benzene rings is 3. The van der Waals surface area contributed by atoms with E-state index in [2.05, 4.69) is 5.32 Å². The fraction of sp³-hybridized carbons (Fsp3) is 0.200. The molecule has 1 aliphatic heterocycles. The number of nitrogens with one attached hydrogen (secondary N) is 1. The van der Waals surface area contributed by atoms with Gasteiger partial charge < -0.3 is 10.2 Å². The molecular formula is C25H23FN2O4S. The van der Waals surface area contributed by atoms with Gasteiger partial charge in [-0.15, -0.1) is 0 Å². The van der Waals surface area contributed by atoms with Gasteiger partial charge in [0.05, 0.1) is 27.6 Å². The van der Waals surface area contributed by atoms with Crippen molar-refractivity contribution in [3.8, 4) is 0 Å². The molecule has 6 nitrogen and oxygen atoms in total. The second-order valence-corrected chi connectivity index (χ2v) is 9.83. The van der Waals surface area contributed by atoms with Gasteiger partial charge in [-0.05, 0) is 49.7 Å². The van der Waals surface area contributed by atoms with Crippen molar-refractivity contribution in [2.24, 2.45) is 0 Å². The summed E-state index contributed by atoms with van der Waals surface area (Å²) in [4.78, 5) is 27.3. The summed E-state index contributed by atoms with van der Waals surface area (Å²) in [6.45, 7) is 3.59.